The van der Waals surface area contributed by atoms with E-state index < -0.39 is 0 Å². The van der Waals surface area contributed by atoms with Crippen molar-refractivity contribution < 1.29 is 14.0 Å². The van der Waals surface area contributed by atoms with E-state index in [1.165, 1.54) is 17.6 Å². The minimum Gasteiger partial charge on any atom is -0.459 e. The van der Waals surface area contributed by atoms with Gasteiger partial charge < -0.3 is 9.73 Å². The van der Waals surface area contributed by atoms with Gasteiger partial charge >= 0.3 is 0 Å². The highest BCUT2D eigenvalue weighted by Crippen LogP contribution is 2.17. The van der Waals surface area contributed by atoms with Crippen molar-refractivity contribution >= 4 is 28.3 Å². The van der Waals surface area contributed by atoms with Crippen LogP contribution in [0.2, 0.25) is 0 Å². The largest absolute Gasteiger partial charge is 0.459 e. The van der Waals surface area contributed by atoms with Gasteiger partial charge in [-0.3, -0.25) is 14.9 Å². The van der Waals surface area contributed by atoms with Gasteiger partial charge in [-0.05, 0) is 18.1 Å². The summed E-state index contributed by atoms with van der Waals surface area (Å²) in [5.74, 6) is 0.206. The fraction of sp³-hybridized carbons (Fsp3) is 0.357. The number of hydrogen-bond donors (Lipinski definition) is 2. The molecule has 0 aliphatic carbocycles. The molecular formula is C14H17N3O3S. The van der Waals surface area contributed by atoms with Gasteiger partial charge in [-0.1, -0.05) is 13.8 Å². The first-order valence-electron chi connectivity index (χ1n) is 6.60. The minimum atomic E-state index is -0.356. The first-order chi connectivity index (χ1) is 10.0. The van der Waals surface area contributed by atoms with Crippen molar-refractivity contribution in [1.82, 2.24) is 10.3 Å². The lowest BCUT2D eigenvalue weighted by Crippen LogP contribution is -2.28. The van der Waals surface area contributed by atoms with Gasteiger partial charge in [-0.25, -0.2) is 4.98 Å². The summed E-state index contributed by atoms with van der Waals surface area (Å²) in [6.07, 6.45) is 1.64. The van der Waals surface area contributed by atoms with Crippen LogP contribution in [0.1, 0.15) is 30.1 Å². The molecule has 6 nitrogen and oxygen atoms in total. The number of aromatic nitrogens is 1. The van der Waals surface area contributed by atoms with Crippen LogP contribution in [-0.4, -0.2) is 23.3 Å². The number of nitrogens with zero attached hydrogens (tertiary/aromatic N) is 1. The molecule has 2 amide bonds. The number of carbonyl (C=O) groups excluding carboxylic acids is 2. The molecule has 2 aromatic rings. The normalized spacial score (nSPS) is 10.6. The molecule has 0 saturated carbocycles. The zero-order valence-electron chi connectivity index (χ0n) is 11.9. The summed E-state index contributed by atoms with van der Waals surface area (Å²) in [7, 11) is 0. The van der Waals surface area contributed by atoms with Crippen LogP contribution in [0.5, 0.6) is 0 Å². The summed E-state index contributed by atoms with van der Waals surface area (Å²) in [6.45, 7) is 4.71. The highest BCUT2D eigenvalue weighted by molar-refractivity contribution is 7.14. The summed E-state index contributed by atoms with van der Waals surface area (Å²) in [5.41, 5.74) is 0.635. The number of amides is 2. The van der Waals surface area contributed by atoms with E-state index in [2.05, 4.69) is 15.6 Å². The summed E-state index contributed by atoms with van der Waals surface area (Å²) >= 11 is 1.28. The molecular weight excluding hydrogens is 290 g/mol. The molecule has 0 saturated heterocycles. The zero-order chi connectivity index (χ0) is 15.2. The molecule has 0 aromatic carbocycles. The van der Waals surface area contributed by atoms with Gasteiger partial charge in [0.1, 0.15) is 0 Å². The van der Waals surface area contributed by atoms with Crippen molar-refractivity contribution in [2.24, 2.45) is 5.92 Å². The van der Waals surface area contributed by atoms with Crippen LogP contribution in [0, 0.1) is 5.92 Å². The molecule has 7 heteroatoms. The first-order valence-corrected chi connectivity index (χ1v) is 7.48. The smallest absolute Gasteiger partial charge is 0.293 e. The summed E-state index contributed by atoms with van der Waals surface area (Å²) < 4.78 is 4.99. The van der Waals surface area contributed by atoms with Gasteiger partial charge in [0.05, 0.1) is 18.4 Å². The van der Waals surface area contributed by atoms with Crippen molar-refractivity contribution in [3.8, 4) is 0 Å². The summed E-state index contributed by atoms with van der Waals surface area (Å²) in [6, 6.07) is 3.21. The molecule has 2 rings (SSSR count). The predicted molar refractivity (Wildman–Crippen MR) is 80.3 cm³/mol. The highest BCUT2D eigenvalue weighted by atomic mass is 32.1. The average molecular weight is 307 g/mol. The molecule has 0 aliphatic heterocycles. The van der Waals surface area contributed by atoms with Crippen LogP contribution in [0.3, 0.4) is 0 Å². The number of nitrogens with one attached hydrogen (secondary N) is 2. The van der Waals surface area contributed by atoms with Gasteiger partial charge in [-0.2, -0.15) is 0 Å². The van der Waals surface area contributed by atoms with Gasteiger partial charge in [0.15, 0.2) is 10.9 Å². The van der Waals surface area contributed by atoms with E-state index in [-0.39, 0.29) is 24.0 Å². The highest BCUT2D eigenvalue weighted by Gasteiger charge is 2.12. The Morgan fingerprint density at radius 1 is 1.43 bits per heavy atom. The zero-order valence-corrected chi connectivity index (χ0v) is 12.7. The topological polar surface area (TPSA) is 84.2 Å². The molecule has 2 N–H and O–H groups in total. The Bertz CT molecular complexity index is 605. The number of carbonyl (C=O) groups is 2. The number of thiazole rings is 1. The standard InChI is InChI=1S/C14H17N3O3S/c1-9(2)7-15-12(18)6-10-8-21-14(16-10)17-13(19)11-4-3-5-20-11/h3-5,8-9H,6-7H2,1-2H3,(H,15,18)(H,16,17,19). The Morgan fingerprint density at radius 3 is 2.90 bits per heavy atom. The molecule has 0 fully saturated rings. The van der Waals surface area contributed by atoms with E-state index in [0.29, 0.717) is 23.3 Å². The third kappa shape index (κ3) is 4.71. The second kappa shape index (κ2) is 7.03. The average Bonchev–Trinajstić information content (AvgIpc) is 3.08. The van der Waals surface area contributed by atoms with E-state index >= 15 is 0 Å². The fourth-order valence-electron chi connectivity index (χ4n) is 1.56. The second-order valence-electron chi connectivity index (χ2n) is 4.95. The molecule has 0 bridgehead atoms. The van der Waals surface area contributed by atoms with E-state index in [0.717, 1.165) is 0 Å². The Hall–Kier alpha value is -2.15. The number of anilines is 1. The second-order valence-corrected chi connectivity index (χ2v) is 5.81. The van der Waals surface area contributed by atoms with Gasteiger partial charge in [0, 0.05) is 11.9 Å². The van der Waals surface area contributed by atoms with Crippen molar-refractivity contribution in [3.05, 3.63) is 35.2 Å². The van der Waals surface area contributed by atoms with Gasteiger partial charge in [0.2, 0.25) is 5.91 Å². The Labute approximate surface area is 126 Å². The third-order valence-corrected chi connectivity index (χ3v) is 3.37. The van der Waals surface area contributed by atoms with Gasteiger partial charge in [0.25, 0.3) is 5.91 Å². The molecule has 0 radical (unpaired) electrons. The van der Waals surface area contributed by atoms with Gasteiger partial charge in [-0.15, -0.1) is 11.3 Å². The van der Waals surface area contributed by atoms with Crippen LogP contribution in [0.25, 0.3) is 0 Å². The quantitative estimate of drug-likeness (QED) is 0.857. The first kappa shape index (κ1) is 15.2. The summed E-state index contributed by atoms with van der Waals surface area (Å²) in [5, 5.41) is 7.66. The Balaban J connectivity index is 1.86. The van der Waals surface area contributed by atoms with Crippen LogP contribution >= 0.6 is 11.3 Å². The lowest BCUT2D eigenvalue weighted by Gasteiger charge is -2.06. The molecule has 0 unspecified atom stereocenters. The minimum absolute atomic E-state index is 0.0714. The van der Waals surface area contributed by atoms with E-state index in [9.17, 15) is 9.59 Å². The summed E-state index contributed by atoms with van der Waals surface area (Å²) in [4.78, 5) is 27.7. The van der Waals surface area contributed by atoms with Crippen LogP contribution in [0.15, 0.2) is 28.2 Å². The molecule has 2 aromatic heterocycles. The van der Waals surface area contributed by atoms with Crippen LogP contribution in [0.4, 0.5) is 5.13 Å². The van der Waals surface area contributed by atoms with Crippen molar-refractivity contribution in [2.45, 2.75) is 20.3 Å². The Kier molecular flexibility index (Phi) is 5.10. The fourth-order valence-corrected chi connectivity index (χ4v) is 2.26. The third-order valence-electron chi connectivity index (χ3n) is 2.57. The van der Waals surface area contributed by atoms with Crippen molar-refractivity contribution in [3.63, 3.8) is 0 Å². The molecule has 0 atom stereocenters. The van der Waals surface area contributed by atoms with E-state index in [1.54, 1.807) is 17.5 Å². The van der Waals surface area contributed by atoms with Crippen molar-refractivity contribution in [2.75, 3.05) is 11.9 Å². The number of rotatable bonds is 6. The van der Waals surface area contributed by atoms with Crippen LogP contribution < -0.4 is 10.6 Å². The maximum Gasteiger partial charge on any atom is 0.293 e. The van der Waals surface area contributed by atoms with Crippen molar-refractivity contribution in [1.29, 1.82) is 0 Å². The van der Waals surface area contributed by atoms with Crippen LogP contribution in [-0.2, 0) is 11.2 Å². The monoisotopic (exact) mass is 307 g/mol. The van der Waals surface area contributed by atoms with E-state index in [1.807, 2.05) is 13.8 Å². The maximum absolute atomic E-state index is 11.8. The lowest BCUT2D eigenvalue weighted by molar-refractivity contribution is -0.120. The molecule has 0 aliphatic rings. The Morgan fingerprint density at radius 2 is 2.24 bits per heavy atom. The number of hydrogen-bond acceptors (Lipinski definition) is 5. The molecule has 21 heavy (non-hydrogen) atoms. The maximum atomic E-state index is 11.8. The molecule has 2 heterocycles. The number of furan rings is 1. The molecule has 0 spiro atoms. The SMILES string of the molecule is CC(C)CNC(=O)Cc1csc(NC(=O)c2ccco2)n1. The lowest BCUT2D eigenvalue weighted by atomic mass is 10.2. The van der Waals surface area contributed by atoms with E-state index in [4.69, 9.17) is 4.42 Å². The molecule has 112 valence electrons. The predicted octanol–water partition coefficient (Wildman–Crippen LogP) is 2.30.